The summed E-state index contributed by atoms with van der Waals surface area (Å²) >= 11 is 1.57. The van der Waals surface area contributed by atoms with E-state index in [0.717, 1.165) is 39.4 Å². The van der Waals surface area contributed by atoms with E-state index < -0.39 is 0 Å². The van der Waals surface area contributed by atoms with E-state index >= 15 is 0 Å². The quantitative estimate of drug-likeness (QED) is 0.214. The van der Waals surface area contributed by atoms with E-state index in [2.05, 4.69) is 11.4 Å². The first-order valence-corrected chi connectivity index (χ1v) is 13.0. The summed E-state index contributed by atoms with van der Waals surface area (Å²) in [6.45, 7) is 6.51. The van der Waals surface area contributed by atoms with Gasteiger partial charge in [0.1, 0.15) is 18.1 Å². The number of aromatic nitrogens is 2. The van der Waals surface area contributed by atoms with E-state index in [0.29, 0.717) is 37.4 Å². The van der Waals surface area contributed by atoms with Crippen molar-refractivity contribution in [3.63, 3.8) is 0 Å². The summed E-state index contributed by atoms with van der Waals surface area (Å²) in [6, 6.07) is 5.91. The van der Waals surface area contributed by atoms with E-state index in [1.165, 1.54) is 6.92 Å². The summed E-state index contributed by atoms with van der Waals surface area (Å²) < 4.78 is 18.4. The summed E-state index contributed by atoms with van der Waals surface area (Å²) in [4.78, 5) is 24.0. The van der Waals surface area contributed by atoms with Gasteiger partial charge in [0.05, 0.1) is 25.1 Å². The molecule has 3 heterocycles. The number of benzene rings is 1. The Balaban J connectivity index is 1.61. The van der Waals surface area contributed by atoms with Crippen molar-refractivity contribution in [3.05, 3.63) is 63.5 Å². The highest BCUT2D eigenvalue weighted by Crippen LogP contribution is 2.44. The Kier molecular flexibility index (Phi) is 8.45. The maximum atomic E-state index is 13.2. The first-order valence-electron chi connectivity index (χ1n) is 12.1. The molecular weight excluding hydrogens is 490 g/mol. The Hall–Kier alpha value is -3.85. The number of allylic oxidation sites excluding steroid dienone is 1. The summed E-state index contributed by atoms with van der Waals surface area (Å²) in [5.74, 6) is 0.884. The van der Waals surface area contributed by atoms with Crippen molar-refractivity contribution >= 4 is 29.3 Å². The number of ether oxygens (including phenoxy) is 3. The SMILES string of the molecule is COc1cc2c(cc1C=C(C)C)-c1c(c(C(=O)NCC/C=C/CCOC(C)=O)nn1-c1ccsc1)CO2. The molecule has 3 aromatic rings. The average Bonchev–Trinajstić information content (AvgIpc) is 3.52. The van der Waals surface area contributed by atoms with Crippen LogP contribution in [-0.2, 0) is 16.1 Å². The summed E-state index contributed by atoms with van der Waals surface area (Å²) in [7, 11) is 1.64. The molecule has 1 aliphatic rings. The van der Waals surface area contributed by atoms with E-state index in [-0.39, 0.29) is 18.5 Å². The van der Waals surface area contributed by atoms with Gasteiger partial charge >= 0.3 is 5.97 Å². The molecule has 194 valence electrons. The lowest BCUT2D eigenvalue weighted by atomic mass is 9.98. The number of nitrogens with zero attached hydrogens (tertiary/aromatic N) is 2. The molecule has 0 aliphatic carbocycles. The lowest BCUT2D eigenvalue weighted by molar-refractivity contribution is -0.140. The zero-order valence-corrected chi connectivity index (χ0v) is 22.3. The minimum atomic E-state index is -0.287. The van der Waals surface area contributed by atoms with Crippen LogP contribution in [0.5, 0.6) is 11.5 Å². The van der Waals surface area contributed by atoms with Crippen molar-refractivity contribution in [2.45, 2.75) is 40.2 Å². The predicted octanol–water partition coefficient (Wildman–Crippen LogP) is 5.55. The lowest BCUT2D eigenvalue weighted by Gasteiger charge is -2.21. The number of hydrogen-bond acceptors (Lipinski definition) is 7. The lowest BCUT2D eigenvalue weighted by Crippen LogP contribution is -2.26. The van der Waals surface area contributed by atoms with Gasteiger partial charge in [-0.05, 0) is 44.2 Å². The van der Waals surface area contributed by atoms with Gasteiger partial charge in [0, 0.05) is 41.6 Å². The number of hydrogen-bond donors (Lipinski definition) is 1. The minimum absolute atomic E-state index is 0.233. The van der Waals surface area contributed by atoms with Crippen LogP contribution in [-0.4, -0.2) is 41.9 Å². The third-order valence-electron chi connectivity index (χ3n) is 5.71. The molecule has 8 nitrogen and oxygen atoms in total. The van der Waals surface area contributed by atoms with Gasteiger partial charge in [-0.15, -0.1) is 0 Å². The monoisotopic (exact) mass is 521 g/mol. The van der Waals surface area contributed by atoms with Crippen molar-refractivity contribution in [3.8, 4) is 28.4 Å². The second-order valence-electron chi connectivity index (χ2n) is 8.81. The summed E-state index contributed by atoms with van der Waals surface area (Å²) in [6.07, 6.45) is 7.25. The van der Waals surface area contributed by atoms with Gasteiger partial charge in [-0.2, -0.15) is 16.4 Å². The van der Waals surface area contributed by atoms with Gasteiger partial charge in [0.25, 0.3) is 5.91 Å². The molecule has 0 saturated carbocycles. The summed E-state index contributed by atoms with van der Waals surface area (Å²) in [5.41, 5.74) is 5.78. The number of nitrogens with one attached hydrogen (secondary N) is 1. The molecule has 0 radical (unpaired) electrons. The number of esters is 1. The van der Waals surface area contributed by atoms with Gasteiger partial charge in [-0.25, -0.2) is 4.68 Å². The third kappa shape index (κ3) is 6.11. The van der Waals surface area contributed by atoms with Gasteiger partial charge in [0.15, 0.2) is 5.69 Å². The average molecular weight is 522 g/mol. The number of thiophene rings is 1. The molecule has 37 heavy (non-hydrogen) atoms. The Morgan fingerprint density at radius 1 is 1.22 bits per heavy atom. The molecule has 0 unspecified atom stereocenters. The van der Waals surface area contributed by atoms with Crippen molar-refractivity contribution in [1.82, 2.24) is 15.1 Å². The molecule has 0 atom stereocenters. The molecule has 0 bridgehead atoms. The molecular formula is C28H31N3O5S. The van der Waals surface area contributed by atoms with Crippen molar-refractivity contribution < 1.29 is 23.8 Å². The van der Waals surface area contributed by atoms with Crippen LogP contribution in [0.3, 0.4) is 0 Å². The number of carbonyl (C=O) groups is 2. The number of amides is 1. The fourth-order valence-electron chi connectivity index (χ4n) is 4.10. The second kappa shape index (κ2) is 11.9. The molecule has 0 saturated heterocycles. The highest BCUT2D eigenvalue weighted by atomic mass is 32.1. The molecule has 1 N–H and O–H groups in total. The second-order valence-corrected chi connectivity index (χ2v) is 9.59. The molecule has 0 spiro atoms. The maximum Gasteiger partial charge on any atom is 0.302 e. The first-order chi connectivity index (χ1) is 17.9. The highest BCUT2D eigenvalue weighted by molar-refractivity contribution is 7.08. The number of fused-ring (bicyclic) bond motifs is 3. The molecule has 2 aromatic heterocycles. The maximum absolute atomic E-state index is 13.2. The molecule has 1 aromatic carbocycles. The van der Waals surface area contributed by atoms with E-state index in [1.807, 2.05) is 59.6 Å². The Bertz CT molecular complexity index is 1330. The van der Waals surface area contributed by atoms with Crippen LogP contribution in [0.1, 0.15) is 55.2 Å². The van der Waals surface area contributed by atoms with Crippen LogP contribution in [0, 0.1) is 0 Å². The van der Waals surface area contributed by atoms with Crippen LogP contribution in [0.15, 0.2) is 46.7 Å². The van der Waals surface area contributed by atoms with E-state index in [9.17, 15) is 9.59 Å². The number of carbonyl (C=O) groups excluding carboxylic acids is 2. The Labute approximate surface area is 220 Å². The van der Waals surface area contributed by atoms with Gasteiger partial charge in [-0.3, -0.25) is 9.59 Å². The Morgan fingerprint density at radius 3 is 2.73 bits per heavy atom. The van der Waals surface area contributed by atoms with Gasteiger partial charge < -0.3 is 19.5 Å². The molecule has 0 fully saturated rings. The molecule has 4 rings (SSSR count). The van der Waals surface area contributed by atoms with Crippen molar-refractivity contribution in [1.29, 1.82) is 0 Å². The van der Waals surface area contributed by atoms with Crippen LogP contribution in [0.4, 0.5) is 0 Å². The standard InChI is InChI=1S/C28H31N3O5S/c1-18(2)13-20-14-22-25(15-24(20)34-4)36-16-23-26(30-31(27(22)23)21-9-12-37-17-21)28(33)29-10-7-5-6-8-11-35-19(3)32/h5-6,9,12-15,17H,7-8,10-11,16H2,1-4H3,(H,29,33)/b6-5+. The van der Waals surface area contributed by atoms with E-state index in [4.69, 9.17) is 19.3 Å². The molecule has 9 heteroatoms. The van der Waals surface area contributed by atoms with Crippen LogP contribution in [0.25, 0.3) is 23.0 Å². The molecule has 1 amide bonds. The predicted molar refractivity (Wildman–Crippen MR) is 144 cm³/mol. The van der Waals surface area contributed by atoms with Crippen LogP contribution >= 0.6 is 11.3 Å². The molecule has 1 aliphatic heterocycles. The third-order valence-corrected chi connectivity index (χ3v) is 6.38. The topological polar surface area (TPSA) is 91.7 Å². The Morgan fingerprint density at radius 2 is 2.03 bits per heavy atom. The van der Waals surface area contributed by atoms with Gasteiger partial charge in [-0.1, -0.05) is 23.8 Å². The normalized spacial score (nSPS) is 11.9. The number of methoxy groups -OCH3 is 1. The highest BCUT2D eigenvalue weighted by Gasteiger charge is 2.31. The first kappa shape index (κ1) is 26.2. The fourth-order valence-corrected chi connectivity index (χ4v) is 4.72. The number of rotatable bonds is 10. The smallest absolute Gasteiger partial charge is 0.302 e. The largest absolute Gasteiger partial charge is 0.496 e. The van der Waals surface area contributed by atoms with Crippen molar-refractivity contribution in [2.24, 2.45) is 0 Å². The summed E-state index contributed by atoms with van der Waals surface area (Å²) in [5, 5.41) is 11.7. The zero-order valence-electron chi connectivity index (χ0n) is 21.5. The zero-order chi connectivity index (χ0) is 26.4. The van der Waals surface area contributed by atoms with Crippen LogP contribution in [0.2, 0.25) is 0 Å². The minimum Gasteiger partial charge on any atom is -0.496 e. The van der Waals surface area contributed by atoms with Crippen molar-refractivity contribution in [2.75, 3.05) is 20.3 Å². The van der Waals surface area contributed by atoms with E-state index in [1.54, 1.807) is 18.4 Å². The van der Waals surface area contributed by atoms with Gasteiger partial charge in [0.2, 0.25) is 0 Å². The van der Waals surface area contributed by atoms with Crippen LogP contribution < -0.4 is 14.8 Å². The fraction of sp³-hybridized carbons (Fsp3) is 0.321.